The van der Waals surface area contributed by atoms with Crippen LogP contribution in [0.25, 0.3) is 0 Å². The lowest BCUT2D eigenvalue weighted by Crippen LogP contribution is -2.24. The SMILES string of the molecule is S=c1nc(NC2CCCCC2)c2c([nH]1)CCNCC2. The number of anilines is 1. The van der Waals surface area contributed by atoms with Gasteiger partial charge in [0, 0.05) is 30.3 Å². The van der Waals surface area contributed by atoms with Gasteiger partial charge in [-0.05, 0) is 38.0 Å². The molecule has 0 unspecified atom stereocenters. The van der Waals surface area contributed by atoms with Crippen LogP contribution in [0.1, 0.15) is 43.4 Å². The summed E-state index contributed by atoms with van der Waals surface area (Å²) in [6.07, 6.45) is 8.62. The lowest BCUT2D eigenvalue weighted by Gasteiger charge is -2.24. The molecular weight excluding hydrogens is 256 g/mol. The third kappa shape index (κ3) is 3.15. The van der Waals surface area contributed by atoms with E-state index in [4.69, 9.17) is 12.2 Å². The monoisotopic (exact) mass is 278 g/mol. The molecule has 1 aromatic heterocycles. The van der Waals surface area contributed by atoms with Crippen molar-refractivity contribution in [1.29, 1.82) is 0 Å². The first kappa shape index (κ1) is 13.1. The Hall–Kier alpha value is -0.940. The Kier molecular flexibility index (Phi) is 4.13. The summed E-state index contributed by atoms with van der Waals surface area (Å²) in [6, 6.07) is 0.582. The zero-order valence-electron chi connectivity index (χ0n) is 11.3. The van der Waals surface area contributed by atoms with Crippen LogP contribution in [0.2, 0.25) is 0 Å². The van der Waals surface area contributed by atoms with Crippen LogP contribution in [0.15, 0.2) is 0 Å². The van der Waals surface area contributed by atoms with E-state index in [0.717, 1.165) is 31.7 Å². The zero-order chi connectivity index (χ0) is 13.1. The molecule has 1 aliphatic carbocycles. The normalized spacial score (nSPS) is 20.6. The first-order chi connectivity index (χ1) is 9.33. The van der Waals surface area contributed by atoms with Crippen LogP contribution in [-0.2, 0) is 12.8 Å². The van der Waals surface area contributed by atoms with Gasteiger partial charge in [-0.1, -0.05) is 19.3 Å². The second kappa shape index (κ2) is 6.01. The van der Waals surface area contributed by atoms with Crippen LogP contribution in [0.5, 0.6) is 0 Å². The van der Waals surface area contributed by atoms with E-state index in [1.807, 2.05) is 0 Å². The van der Waals surface area contributed by atoms with Crippen LogP contribution in [0, 0.1) is 4.77 Å². The van der Waals surface area contributed by atoms with Crippen molar-refractivity contribution in [3.63, 3.8) is 0 Å². The quantitative estimate of drug-likeness (QED) is 0.728. The molecule has 1 saturated carbocycles. The van der Waals surface area contributed by atoms with Gasteiger partial charge in [0.05, 0.1) is 0 Å². The predicted octanol–water partition coefficient (Wildman–Crippen LogP) is 2.57. The molecule has 0 aromatic carbocycles. The standard InChI is InChI=1S/C14H22N4S/c19-14-17-12-7-9-15-8-6-11(12)13(18-14)16-10-4-2-1-3-5-10/h10,15H,1-9H2,(H2,16,17,18,19). The second-order valence-electron chi connectivity index (χ2n) is 5.58. The minimum atomic E-state index is 0.582. The molecule has 3 rings (SSSR count). The Morgan fingerprint density at radius 3 is 2.74 bits per heavy atom. The molecule has 4 nitrogen and oxygen atoms in total. The molecule has 2 aliphatic rings. The van der Waals surface area contributed by atoms with Crippen molar-refractivity contribution in [3.8, 4) is 0 Å². The fourth-order valence-electron chi connectivity index (χ4n) is 3.14. The molecule has 0 radical (unpaired) electrons. The van der Waals surface area contributed by atoms with Gasteiger partial charge in [0.25, 0.3) is 0 Å². The number of H-pyrrole nitrogens is 1. The highest BCUT2D eigenvalue weighted by molar-refractivity contribution is 7.71. The van der Waals surface area contributed by atoms with E-state index >= 15 is 0 Å². The van der Waals surface area contributed by atoms with Gasteiger partial charge in [0.1, 0.15) is 5.82 Å². The molecule has 0 spiro atoms. The summed E-state index contributed by atoms with van der Waals surface area (Å²) in [6.45, 7) is 2.05. The topological polar surface area (TPSA) is 52.7 Å². The van der Waals surface area contributed by atoms with E-state index in [2.05, 4.69) is 20.6 Å². The fourth-order valence-corrected chi connectivity index (χ4v) is 3.35. The number of aromatic amines is 1. The molecule has 1 aromatic rings. The van der Waals surface area contributed by atoms with Gasteiger partial charge in [-0.2, -0.15) is 0 Å². The molecule has 0 atom stereocenters. The summed E-state index contributed by atoms with van der Waals surface area (Å²) >= 11 is 5.27. The highest BCUT2D eigenvalue weighted by Crippen LogP contribution is 2.24. The first-order valence-corrected chi connectivity index (χ1v) is 7.83. The number of rotatable bonds is 2. The molecule has 104 valence electrons. The molecule has 2 heterocycles. The van der Waals surface area contributed by atoms with Crippen molar-refractivity contribution in [2.75, 3.05) is 18.4 Å². The van der Waals surface area contributed by atoms with Crippen LogP contribution < -0.4 is 10.6 Å². The van der Waals surface area contributed by atoms with E-state index in [-0.39, 0.29) is 0 Å². The highest BCUT2D eigenvalue weighted by Gasteiger charge is 2.18. The lowest BCUT2D eigenvalue weighted by molar-refractivity contribution is 0.461. The van der Waals surface area contributed by atoms with Crippen molar-refractivity contribution < 1.29 is 0 Å². The molecule has 19 heavy (non-hydrogen) atoms. The van der Waals surface area contributed by atoms with E-state index in [1.165, 1.54) is 43.4 Å². The van der Waals surface area contributed by atoms with Crippen molar-refractivity contribution in [3.05, 3.63) is 16.0 Å². The third-order valence-corrected chi connectivity index (χ3v) is 4.36. The maximum absolute atomic E-state index is 5.27. The van der Waals surface area contributed by atoms with Gasteiger partial charge >= 0.3 is 0 Å². The van der Waals surface area contributed by atoms with Crippen LogP contribution >= 0.6 is 12.2 Å². The summed E-state index contributed by atoms with van der Waals surface area (Å²) < 4.78 is 0.610. The molecule has 0 saturated heterocycles. The molecule has 0 bridgehead atoms. The Labute approximate surface area is 119 Å². The van der Waals surface area contributed by atoms with Crippen molar-refractivity contribution in [1.82, 2.24) is 15.3 Å². The number of fused-ring (bicyclic) bond motifs is 1. The van der Waals surface area contributed by atoms with Gasteiger partial charge in [0.2, 0.25) is 0 Å². The molecule has 5 heteroatoms. The Morgan fingerprint density at radius 1 is 1.11 bits per heavy atom. The Bertz CT molecular complexity index is 491. The van der Waals surface area contributed by atoms with Gasteiger partial charge < -0.3 is 15.6 Å². The smallest absolute Gasteiger partial charge is 0.198 e. The molecule has 0 amide bonds. The van der Waals surface area contributed by atoms with E-state index in [1.54, 1.807) is 0 Å². The average Bonchev–Trinajstić information content (AvgIpc) is 2.65. The van der Waals surface area contributed by atoms with Crippen LogP contribution in [0.4, 0.5) is 5.82 Å². The van der Waals surface area contributed by atoms with E-state index in [9.17, 15) is 0 Å². The largest absolute Gasteiger partial charge is 0.367 e. The van der Waals surface area contributed by atoms with Gasteiger partial charge in [-0.3, -0.25) is 0 Å². The lowest BCUT2D eigenvalue weighted by atomic mass is 9.95. The highest BCUT2D eigenvalue weighted by atomic mass is 32.1. The Balaban J connectivity index is 1.86. The van der Waals surface area contributed by atoms with Crippen molar-refractivity contribution in [2.24, 2.45) is 0 Å². The second-order valence-corrected chi connectivity index (χ2v) is 5.96. The van der Waals surface area contributed by atoms with E-state index < -0.39 is 0 Å². The van der Waals surface area contributed by atoms with Crippen molar-refractivity contribution in [2.45, 2.75) is 51.0 Å². The predicted molar refractivity (Wildman–Crippen MR) is 80.2 cm³/mol. The Morgan fingerprint density at radius 2 is 1.89 bits per heavy atom. The average molecular weight is 278 g/mol. The summed E-state index contributed by atoms with van der Waals surface area (Å²) in [7, 11) is 0. The number of aromatic nitrogens is 2. The molecular formula is C14H22N4S. The maximum Gasteiger partial charge on any atom is 0.198 e. The molecule has 1 aliphatic heterocycles. The van der Waals surface area contributed by atoms with Crippen LogP contribution in [-0.4, -0.2) is 29.1 Å². The summed E-state index contributed by atoms with van der Waals surface area (Å²) in [4.78, 5) is 7.81. The zero-order valence-corrected chi connectivity index (χ0v) is 12.1. The van der Waals surface area contributed by atoms with Crippen molar-refractivity contribution >= 4 is 18.0 Å². The van der Waals surface area contributed by atoms with E-state index in [0.29, 0.717) is 10.8 Å². The third-order valence-electron chi connectivity index (χ3n) is 4.17. The number of nitrogens with zero attached hydrogens (tertiary/aromatic N) is 1. The number of hydrogen-bond donors (Lipinski definition) is 3. The number of nitrogens with one attached hydrogen (secondary N) is 3. The first-order valence-electron chi connectivity index (χ1n) is 7.42. The van der Waals surface area contributed by atoms with Gasteiger partial charge in [-0.25, -0.2) is 4.98 Å². The fraction of sp³-hybridized carbons (Fsp3) is 0.714. The summed E-state index contributed by atoms with van der Waals surface area (Å²) in [5.41, 5.74) is 2.60. The maximum atomic E-state index is 5.27. The van der Waals surface area contributed by atoms with Gasteiger partial charge in [0.15, 0.2) is 4.77 Å². The molecule has 3 N–H and O–H groups in total. The van der Waals surface area contributed by atoms with Gasteiger partial charge in [-0.15, -0.1) is 0 Å². The van der Waals surface area contributed by atoms with Crippen LogP contribution in [0.3, 0.4) is 0 Å². The minimum absolute atomic E-state index is 0.582. The number of hydrogen-bond acceptors (Lipinski definition) is 4. The molecule has 1 fully saturated rings. The summed E-state index contributed by atoms with van der Waals surface area (Å²) in [5.74, 6) is 1.04. The summed E-state index contributed by atoms with van der Waals surface area (Å²) in [5, 5.41) is 7.09. The minimum Gasteiger partial charge on any atom is -0.367 e.